The summed E-state index contributed by atoms with van der Waals surface area (Å²) in [5, 5.41) is 0. The molecule has 25 heavy (non-hydrogen) atoms. The van der Waals surface area contributed by atoms with Crippen LogP contribution in [0.1, 0.15) is 35.3 Å². The van der Waals surface area contributed by atoms with Crippen LogP contribution in [-0.2, 0) is 6.42 Å². The minimum atomic E-state index is -0.884. The maximum Gasteiger partial charge on any atom is 0.191 e. The third-order valence-electron chi connectivity index (χ3n) is 3.95. The average Bonchev–Trinajstić information content (AvgIpc) is 2.91. The lowest BCUT2D eigenvalue weighted by atomic mass is 10.0. The number of carbonyl (C=O) groups is 1. The first-order valence-electron chi connectivity index (χ1n) is 8.12. The largest absolute Gasteiger partial charge is 0.493 e. The van der Waals surface area contributed by atoms with Crippen LogP contribution >= 0.6 is 0 Å². The molecule has 1 aliphatic rings. The summed E-state index contributed by atoms with van der Waals surface area (Å²) in [7, 11) is 0. The number of allylic oxidation sites excluding steroid dienone is 1. The number of fused-ring (bicyclic) bond motifs is 1. The standard InChI is InChI=1S/C20H18F2O3/c1-3-24-18-11-14-9-12(2)25-19(14)10-13(18)7-8-17(23)20-15(21)5-4-6-16(20)22/h4-8,10-12H,3,9H2,1-2H3/b8-7+/t12-/m1/s1. The zero-order valence-electron chi connectivity index (χ0n) is 14.0. The van der Waals surface area contributed by atoms with E-state index in [-0.39, 0.29) is 6.10 Å². The molecular weight excluding hydrogens is 326 g/mol. The van der Waals surface area contributed by atoms with E-state index in [1.165, 1.54) is 12.1 Å². The molecule has 0 aromatic heterocycles. The molecule has 0 unspecified atom stereocenters. The molecule has 2 aromatic rings. The average molecular weight is 344 g/mol. The third kappa shape index (κ3) is 3.55. The van der Waals surface area contributed by atoms with Crippen LogP contribution in [0.4, 0.5) is 8.78 Å². The van der Waals surface area contributed by atoms with Crippen molar-refractivity contribution >= 4 is 11.9 Å². The fraction of sp³-hybridized carbons (Fsp3) is 0.250. The van der Waals surface area contributed by atoms with Gasteiger partial charge in [-0.3, -0.25) is 4.79 Å². The first kappa shape index (κ1) is 17.1. The Kier molecular flexibility index (Phi) is 4.83. The van der Waals surface area contributed by atoms with E-state index in [0.29, 0.717) is 17.9 Å². The lowest BCUT2D eigenvalue weighted by molar-refractivity contribution is 0.104. The second-order valence-electron chi connectivity index (χ2n) is 5.86. The summed E-state index contributed by atoms with van der Waals surface area (Å²) in [6.45, 7) is 4.30. The molecule has 3 nitrogen and oxygen atoms in total. The molecule has 0 N–H and O–H groups in total. The predicted molar refractivity (Wildman–Crippen MR) is 91.1 cm³/mol. The molecule has 0 radical (unpaired) electrons. The lowest BCUT2D eigenvalue weighted by Crippen LogP contribution is -2.05. The molecule has 0 aliphatic carbocycles. The summed E-state index contributed by atoms with van der Waals surface area (Å²) >= 11 is 0. The number of hydrogen-bond donors (Lipinski definition) is 0. The Labute approximate surface area is 144 Å². The smallest absolute Gasteiger partial charge is 0.191 e. The second kappa shape index (κ2) is 7.05. The summed E-state index contributed by atoms with van der Waals surface area (Å²) in [5.74, 6) is -1.17. The van der Waals surface area contributed by atoms with E-state index in [0.717, 1.165) is 35.9 Å². The highest BCUT2D eigenvalue weighted by atomic mass is 19.1. The lowest BCUT2D eigenvalue weighted by Gasteiger charge is -2.10. The Bertz CT molecular complexity index is 823. The first-order valence-corrected chi connectivity index (χ1v) is 8.12. The van der Waals surface area contributed by atoms with E-state index in [9.17, 15) is 13.6 Å². The number of ketones is 1. The van der Waals surface area contributed by atoms with E-state index >= 15 is 0 Å². The Morgan fingerprint density at radius 2 is 2.04 bits per heavy atom. The number of benzene rings is 2. The zero-order chi connectivity index (χ0) is 18.0. The van der Waals surface area contributed by atoms with Crippen LogP contribution in [0, 0.1) is 11.6 Å². The van der Waals surface area contributed by atoms with Gasteiger partial charge in [-0.2, -0.15) is 0 Å². The van der Waals surface area contributed by atoms with Crippen LogP contribution < -0.4 is 9.47 Å². The molecular formula is C20H18F2O3. The molecule has 0 amide bonds. The SMILES string of the molecule is CCOc1cc2c(cc1/C=C/C(=O)c1c(F)cccc1F)O[C@H](C)C2. The Balaban J connectivity index is 1.93. The molecule has 1 heterocycles. The summed E-state index contributed by atoms with van der Waals surface area (Å²) in [4.78, 5) is 12.2. The van der Waals surface area contributed by atoms with Gasteiger partial charge in [0.2, 0.25) is 0 Å². The van der Waals surface area contributed by atoms with Crippen molar-refractivity contribution in [3.63, 3.8) is 0 Å². The monoisotopic (exact) mass is 344 g/mol. The van der Waals surface area contributed by atoms with Gasteiger partial charge in [0.15, 0.2) is 5.78 Å². The van der Waals surface area contributed by atoms with E-state index < -0.39 is 23.0 Å². The summed E-state index contributed by atoms with van der Waals surface area (Å²) in [5.41, 5.74) is 1.10. The molecule has 0 saturated heterocycles. The molecule has 130 valence electrons. The van der Waals surface area contributed by atoms with Crippen molar-refractivity contribution < 1.29 is 23.0 Å². The molecule has 0 spiro atoms. The van der Waals surface area contributed by atoms with Crippen molar-refractivity contribution in [2.75, 3.05) is 6.61 Å². The van der Waals surface area contributed by atoms with Gasteiger partial charge in [0.1, 0.15) is 29.2 Å². The maximum atomic E-state index is 13.7. The van der Waals surface area contributed by atoms with Crippen molar-refractivity contribution in [3.05, 3.63) is 64.7 Å². The number of rotatable bonds is 5. The molecule has 5 heteroatoms. The molecule has 1 atom stereocenters. The van der Waals surface area contributed by atoms with Crippen LogP contribution in [0.3, 0.4) is 0 Å². The van der Waals surface area contributed by atoms with Gasteiger partial charge >= 0.3 is 0 Å². The highest BCUT2D eigenvalue weighted by Gasteiger charge is 2.21. The Morgan fingerprint density at radius 1 is 1.32 bits per heavy atom. The maximum absolute atomic E-state index is 13.7. The van der Waals surface area contributed by atoms with Crippen molar-refractivity contribution in [3.8, 4) is 11.5 Å². The van der Waals surface area contributed by atoms with Gasteiger partial charge in [0.25, 0.3) is 0 Å². The summed E-state index contributed by atoms with van der Waals surface area (Å²) < 4.78 is 38.8. The van der Waals surface area contributed by atoms with Crippen LogP contribution in [-0.4, -0.2) is 18.5 Å². The van der Waals surface area contributed by atoms with E-state index in [2.05, 4.69) is 0 Å². The van der Waals surface area contributed by atoms with Gasteiger partial charge < -0.3 is 9.47 Å². The van der Waals surface area contributed by atoms with Crippen LogP contribution in [0.5, 0.6) is 11.5 Å². The number of carbonyl (C=O) groups excluding carboxylic acids is 1. The summed E-state index contributed by atoms with van der Waals surface area (Å²) in [6.07, 6.45) is 3.51. The van der Waals surface area contributed by atoms with Gasteiger partial charge in [-0.15, -0.1) is 0 Å². The van der Waals surface area contributed by atoms with Gasteiger partial charge in [0, 0.05) is 17.5 Å². The fourth-order valence-corrected chi connectivity index (χ4v) is 2.85. The van der Waals surface area contributed by atoms with Gasteiger partial charge in [-0.1, -0.05) is 6.07 Å². The molecule has 0 fully saturated rings. The van der Waals surface area contributed by atoms with Crippen molar-refractivity contribution in [2.24, 2.45) is 0 Å². The van der Waals surface area contributed by atoms with Crippen LogP contribution in [0.25, 0.3) is 6.08 Å². The minimum absolute atomic E-state index is 0.0813. The number of hydrogen-bond acceptors (Lipinski definition) is 3. The third-order valence-corrected chi connectivity index (χ3v) is 3.95. The van der Waals surface area contributed by atoms with Gasteiger partial charge in [-0.05, 0) is 50.3 Å². The highest BCUT2D eigenvalue weighted by Crippen LogP contribution is 2.35. The second-order valence-corrected chi connectivity index (χ2v) is 5.86. The molecule has 3 rings (SSSR count). The topological polar surface area (TPSA) is 35.5 Å². The molecule has 0 bridgehead atoms. The number of ether oxygens (including phenoxy) is 2. The van der Waals surface area contributed by atoms with E-state index in [4.69, 9.17) is 9.47 Å². The van der Waals surface area contributed by atoms with Crippen LogP contribution in [0.2, 0.25) is 0 Å². The normalized spacial score (nSPS) is 15.9. The summed E-state index contributed by atoms with van der Waals surface area (Å²) in [6, 6.07) is 7.00. The Hall–Kier alpha value is -2.69. The van der Waals surface area contributed by atoms with E-state index in [1.807, 2.05) is 19.9 Å². The fourth-order valence-electron chi connectivity index (χ4n) is 2.85. The highest BCUT2D eigenvalue weighted by molar-refractivity contribution is 6.07. The predicted octanol–water partition coefficient (Wildman–Crippen LogP) is 4.58. The Morgan fingerprint density at radius 3 is 2.72 bits per heavy atom. The van der Waals surface area contributed by atoms with Gasteiger partial charge in [0.05, 0.1) is 12.2 Å². The van der Waals surface area contributed by atoms with Crippen molar-refractivity contribution in [2.45, 2.75) is 26.4 Å². The van der Waals surface area contributed by atoms with Crippen LogP contribution in [0.15, 0.2) is 36.4 Å². The van der Waals surface area contributed by atoms with Gasteiger partial charge in [-0.25, -0.2) is 8.78 Å². The molecule has 0 saturated carbocycles. The number of halogens is 2. The van der Waals surface area contributed by atoms with Crippen molar-refractivity contribution in [1.82, 2.24) is 0 Å². The molecule has 2 aromatic carbocycles. The zero-order valence-corrected chi connectivity index (χ0v) is 14.0. The molecule has 1 aliphatic heterocycles. The minimum Gasteiger partial charge on any atom is -0.493 e. The first-order chi connectivity index (χ1) is 12.0. The van der Waals surface area contributed by atoms with E-state index in [1.54, 1.807) is 6.07 Å². The quantitative estimate of drug-likeness (QED) is 0.588. The van der Waals surface area contributed by atoms with Crippen molar-refractivity contribution in [1.29, 1.82) is 0 Å².